The number of hydrogen-bond donors (Lipinski definition) is 1. The molecule has 1 aromatic heterocycles. The number of thioether (sulfide) groups is 1. The number of carbonyl (C=O) groups excluding carboxylic acids is 1. The Hall–Kier alpha value is -4.39. The molecular weight excluding hydrogens is 608 g/mol. The summed E-state index contributed by atoms with van der Waals surface area (Å²) in [4.78, 5) is 23.7. The average molecular weight is 641 g/mol. The smallest absolute Gasteiger partial charge is 0.406 e. The number of rotatable bonds is 7. The van der Waals surface area contributed by atoms with Gasteiger partial charge in [0.1, 0.15) is 18.2 Å². The van der Waals surface area contributed by atoms with Crippen molar-refractivity contribution in [1.82, 2.24) is 20.1 Å². The van der Waals surface area contributed by atoms with E-state index in [0.717, 1.165) is 29.0 Å². The molecule has 8 nitrogen and oxygen atoms in total. The minimum Gasteiger partial charge on any atom is -0.406 e. The molecule has 1 fully saturated rings. The normalized spacial score (nSPS) is 17.6. The van der Waals surface area contributed by atoms with Crippen LogP contribution in [0.25, 0.3) is 17.1 Å². The van der Waals surface area contributed by atoms with Crippen LogP contribution in [0.4, 0.5) is 28.0 Å². The summed E-state index contributed by atoms with van der Waals surface area (Å²) in [6.45, 7) is 7.77. The number of aromatic nitrogens is 3. The number of carbonyl (C=O) groups is 1. The summed E-state index contributed by atoms with van der Waals surface area (Å²) in [5, 5.41) is 7.65. The minimum atomic E-state index is -4.78. The lowest BCUT2D eigenvalue weighted by Gasteiger charge is -2.37. The molecule has 4 aromatic rings. The summed E-state index contributed by atoms with van der Waals surface area (Å²) < 4.78 is 58.0. The first-order valence-corrected chi connectivity index (χ1v) is 15.3. The van der Waals surface area contributed by atoms with Crippen molar-refractivity contribution in [3.05, 3.63) is 89.7 Å². The van der Waals surface area contributed by atoms with Gasteiger partial charge in [-0.3, -0.25) is 0 Å². The number of benzene rings is 3. The highest BCUT2D eigenvalue weighted by molar-refractivity contribution is 8.14. The van der Waals surface area contributed by atoms with Crippen molar-refractivity contribution in [2.45, 2.75) is 58.7 Å². The van der Waals surface area contributed by atoms with Gasteiger partial charge in [-0.2, -0.15) is 4.99 Å². The molecule has 0 aliphatic carbocycles. The Morgan fingerprint density at radius 3 is 2.38 bits per heavy atom. The summed E-state index contributed by atoms with van der Waals surface area (Å²) >= 11 is 1.51. The van der Waals surface area contributed by atoms with Crippen molar-refractivity contribution < 1.29 is 27.1 Å². The van der Waals surface area contributed by atoms with Crippen LogP contribution in [0.3, 0.4) is 0 Å². The van der Waals surface area contributed by atoms with Gasteiger partial charge in [0.15, 0.2) is 11.0 Å². The van der Waals surface area contributed by atoms with Gasteiger partial charge in [0.05, 0.1) is 11.7 Å². The zero-order valence-electron chi connectivity index (χ0n) is 25.0. The maximum absolute atomic E-state index is 15.5. The van der Waals surface area contributed by atoms with E-state index >= 15 is 4.39 Å². The first-order chi connectivity index (χ1) is 21.4. The van der Waals surface area contributed by atoms with Crippen molar-refractivity contribution in [2.24, 2.45) is 4.99 Å². The second-order valence-corrected chi connectivity index (χ2v) is 11.9. The Labute approximate surface area is 262 Å². The van der Waals surface area contributed by atoms with E-state index in [1.165, 1.54) is 47.0 Å². The van der Waals surface area contributed by atoms with Crippen LogP contribution >= 0.6 is 11.8 Å². The molecule has 1 N–H and O–H groups in total. The first-order valence-electron chi connectivity index (χ1n) is 14.3. The van der Waals surface area contributed by atoms with E-state index < -0.39 is 24.6 Å². The van der Waals surface area contributed by atoms with E-state index in [1.54, 1.807) is 31.2 Å². The van der Waals surface area contributed by atoms with Crippen LogP contribution in [-0.2, 0) is 0 Å². The number of aliphatic imine (C=N–C) groups is 1. The number of para-hydroxylation sites is 1. The largest absolute Gasteiger partial charge is 0.573 e. The summed E-state index contributed by atoms with van der Waals surface area (Å²) in [7, 11) is 0. The molecule has 0 spiro atoms. The fourth-order valence-corrected chi connectivity index (χ4v) is 6.31. The molecule has 1 aliphatic heterocycles. The number of anilines is 1. The standard InChI is InChI=1S/C32H32F4N6O2S/c1-19-6-5-7-20(2)28(19)42-21(3)16-17-45-31(42)39-30(43)38-22(4)27(33)23-8-10-24(11-9-23)29-37-18-41(40-29)25-12-14-26(15-13-25)44-32(34,35)36/h5-15,18,21-22,27H,16-17H2,1-4H3,(H,38,43). The third-order valence-electron chi connectivity index (χ3n) is 7.40. The van der Waals surface area contributed by atoms with Gasteiger partial charge >= 0.3 is 12.4 Å². The van der Waals surface area contributed by atoms with Crippen LogP contribution in [0.15, 0.2) is 78.0 Å². The maximum Gasteiger partial charge on any atom is 0.573 e. The van der Waals surface area contributed by atoms with E-state index in [2.05, 4.69) is 37.0 Å². The molecule has 3 atom stereocenters. The highest BCUT2D eigenvalue weighted by Crippen LogP contribution is 2.34. The molecular formula is C32H32F4N6O2S. The van der Waals surface area contributed by atoms with Gasteiger partial charge in [0.25, 0.3) is 0 Å². The average Bonchev–Trinajstić information content (AvgIpc) is 3.48. The van der Waals surface area contributed by atoms with Crippen molar-refractivity contribution in [3.8, 4) is 22.8 Å². The van der Waals surface area contributed by atoms with Crippen molar-refractivity contribution >= 4 is 28.6 Å². The second kappa shape index (κ2) is 13.3. The number of nitrogens with one attached hydrogen (secondary N) is 1. The number of hydrogen-bond acceptors (Lipinski definition) is 5. The Morgan fingerprint density at radius 2 is 1.73 bits per heavy atom. The van der Waals surface area contributed by atoms with E-state index in [9.17, 15) is 18.0 Å². The monoisotopic (exact) mass is 640 g/mol. The quantitative estimate of drug-likeness (QED) is 0.207. The third-order valence-corrected chi connectivity index (χ3v) is 8.38. The summed E-state index contributed by atoms with van der Waals surface area (Å²) in [5.41, 5.74) is 4.67. The molecule has 0 saturated carbocycles. The summed E-state index contributed by atoms with van der Waals surface area (Å²) in [5.74, 6) is 0.832. The maximum atomic E-state index is 15.5. The Morgan fingerprint density at radius 1 is 1.07 bits per heavy atom. The molecule has 0 bridgehead atoms. The lowest BCUT2D eigenvalue weighted by atomic mass is 10.0. The number of amidine groups is 1. The Balaban J connectivity index is 1.24. The number of ether oxygens (including phenoxy) is 1. The SMILES string of the molecule is Cc1cccc(C)c1N1C(=NC(=O)NC(C)C(F)c2ccc(-c3ncn(-c4ccc(OC(F)(F)F)cc4)n3)cc2)SCCC1C. The van der Waals surface area contributed by atoms with Gasteiger partial charge in [-0.25, -0.2) is 18.9 Å². The molecule has 2 amide bonds. The number of aryl methyl sites for hydroxylation is 2. The van der Waals surface area contributed by atoms with Gasteiger partial charge in [0, 0.05) is 23.0 Å². The third kappa shape index (κ3) is 7.64. The molecule has 45 heavy (non-hydrogen) atoms. The molecule has 2 heterocycles. The van der Waals surface area contributed by atoms with Gasteiger partial charge in [-0.15, -0.1) is 18.3 Å². The van der Waals surface area contributed by atoms with E-state index in [4.69, 9.17) is 0 Å². The van der Waals surface area contributed by atoms with Crippen LogP contribution in [0.2, 0.25) is 0 Å². The molecule has 0 radical (unpaired) electrons. The predicted octanol–water partition coefficient (Wildman–Crippen LogP) is 7.95. The zero-order valence-corrected chi connectivity index (χ0v) is 25.9. The number of amides is 2. The van der Waals surface area contributed by atoms with Crippen LogP contribution < -0.4 is 15.0 Å². The van der Waals surface area contributed by atoms with E-state index in [0.29, 0.717) is 27.8 Å². The number of alkyl halides is 4. The van der Waals surface area contributed by atoms with Crippen LogP contribution in [0.1, 0.15) is 43.1 Å². The predicted molar refractivity (Wildman–Crippen MR) is 168 cm³/mol. The van der Waals surface area contributed by atoms with Gasteiger partial charge < -0.3 is 15.0 Å². The number of urea groups is 1. The zero-order chi connectivity index (χ0) is 32.3. The molecule has 236 valence electrons. The van der Waals surface area contributed by atoms with E-state index in [1.807, 2.05) is 32.0 Å². The Kier molecular flexibility index (Phi) is 9.47. The Bertz CT molecular complexity index is 1650. The lowest BCUT2D eigenvalue weighted by molar-refractivity contribution is -0.274. The highest BCUT2D eigenvalue weighted by Gasteiger charge is 2.31. The van der Waals surface area contributed by atoms with Crippen molar-refractivity contribution in [3.63, 3.8) is 0 Å². The molecule has 1 saturated heterocycles. The molecule has 1 aliphatic rings. The van der Waals surface area contributed by atoms with Gasteiger partial charge in [-0.05, 0) is 75.1 Å². The fourth-order valence-electron chi connectivity index (χ4n) is 5.11. The van der Waals surface area contributed by atoms with Gasteiger partial charge in [-0.1, -0.05) is 54.2 Å². The van der Waals surface area contributed by atoms with Gasteiger partial charge in [0.2, 0.25) is 0 Å². The van der Waals surface area contributed by atoms with Crippen molar-refractivity contribution in [1.29, 1.82) is 0 Å². The second-order valence-electron chi connectivity index (χ2n) is 10.8. The lowest BCUT2D eigenvalue weighted by Crippen LogP contribution is -2.43. The summed E-state index contributed by atoms with van der Waals surface area (Å²) in [6.07, 6.45) is -3.91. The first kappa shape index (κ1) is 32.0. The highest BCUT2D eigenvalue weighted by atomic mass is 32.2. The van der Waals surface area contributed by atoms with Crippen LogP contribution in [-0.4, -0.2) is 50.2 Å². The molecule has 3 aromatic carbocycles. The van der Waals surface area contributed by atoms with E-state index in [-0.39, 0.29) is 11.8 Å². The van der Waals surface area contributed by atoms with Crippen molar-refractivity contribution in [2.75, 3.05) is 10.7 Å². The summed E-state index contributed by atoms with van der Waals surface area (Å²) in [6, 6.07) is 16.5. The molecule has 13 heteroatoms. The van der Waals surface area contributed by atoms with Crippen LogP contribution in [0, 0.1) is 13.8 Å². The fraction of sp³-hybridized carbons (Fsp3) is 0.312. The number of nitrogens with zero attached hydrogens (tertiary/aromatic N) is 5. The number of halogens is 4. The van der Waals surface area contributed by atoms with Crippen LogP contribution in [0.5, 0.6) is 5.75 Å². The minimum absolute atomic E-state index is 0.154. The molecule has 5 rings (SSSR count). The topological polar surface area (TPSA) is 84.6 Å². The molecule has 3 unspecified atom stereocenters.